The Morgan fingerprint density at radius 3 is 2.48 bits per heavy atom. The second-order valence-corrected chi connectivity index (χ2v) is 8.08. The molecule has 1 unspecified atom stereocenters. The summed E-state index contributed by atoms with van der Waals surface area (Å²) in [7, 11) is 0. The molecule has 0 aromatic carbocycles. The lowest BCUT2D eigenvalue weighted by molar-refractivity contribution is 0.0257. The largest absolute Gasteiger partial charge is 0.465 e. The van der Waals surface area contributed by atoms with E-state index in [2.05, 4.69) is 28.6 Å². The molecular formula is C21H32N4O4. The summed E-state index contributed by atoms with van der Waals surface area (Å²) in [4.78, 5) is 34.2. The predicted molar refractivity (Wildman–Crippen MR) is 110 cm³/mol. The molecule has 0 radical (unpaired) electrons. The Hall–Kier alpha value is -2.35. The second-order valence-electron chi connectivity index (χ2n) is 8.08. The number of nitrogens with zero attached hydrogens (tertiary/aromatic N) is 4. The molecule has 29 heavy (non-hydrogen) atoms. The number of carboxylic acid groups (broad SMARTS) is 1. The van der Waals surface area contributed by atoms with Gasteiger partial charge in [-0.05, 0) is 51.7 Å². The molecule has 0 saturated carbocycles. The van der Waals surface area contributed by atoms with Gasteiger partial charge in [0.1, 0.15) is 5.82 Å². The van der Waals surface area contributed by atoms with Crippen LogP contribution in [0.1, 0.15) is 44.0 Å². The summed E-state index contributed by atoms with van der Waals surface area (Å²) >= 11 is 0. The fourth-order valence-electron chi connectivity index (χ4n) is 4.36. The summed E-state index contributed by atoms with van der Waals surface area (Å²) in [5.41, 5.74) is 0.457. The maximum Gasteiger partial charge on any atom is 0.407 e. The van der Waals surface area contributed by atoms with Crippen LogP contribution >= 0.6 is 0 Å². The first-order valence-electron chi connectivity index (χ1n) is 10.5. The Balaban J connectivity index is 1.61. The van der Waals surface area contributed by atoms with E-state index in [0.29, 0.717) is 30.7 Å². The van der Waals surface area contributed by atoms with E-state index in [1.165, 1.54) is 0 Å². The monoisotopic (exact) mass is 404 g/mol. The number of pyridine rings is 1. The maximum atomic E-state index is 11.8. The first kappa shape index (κ1) is 21.4. The summed E-state index contributed by atoms with van der Waals surface area (Å²) < 4.78 is 5.00. The summed E-state index contributed by atoms with van der Waals surface area (Å²) in [6.07, 6.45) is 2.62. The Bertz CT molecular complexity index is 701. The normalized spacial score (nSPS) is 21.4. The van der Waals surface area contributed by atoms with Crippen molar-refractivity contribution in [1.82, 2.24) is 14.8 Å². The molecule has 0 bridgehead atoms. The third kappa shape index (κ3) is 4.98. The molecule has 1 N–H and O–H groups in total. The van der Waals surface area contributed by atoms with Gasteiger partial charge in [0, 0.05) is 45.0 Å². The molecule has 2 aliphatic rings. The first-order chi connectivity index (χ1) is 13.9. The summed E-state index contributed by atoms with van der Waals surface area (Å²) in [6, 6.07) is 4.08. The van der Waals surface area contributed by atoms with Crippen molar-refractivity contribution < 1.29 is 19.4 Å². The van der Waals surface area contributed by atoms with E-state index in [0.717, 1.165) is 44.8 Å². The standard InChI is InChI=1S/C21H32N4O4/c1-4-29-20(26)17-5-6-19(22-13-17)23-9-7-16(8-10-23)18-14-24(15(2)3)11-12-25(18)21(27)28/h5-6,13,15-16,18H,4,7-12,14H2,1-3H3,(H,27,28). The molecule has 1 atom stereocenters. The summed E-state index contributed by atoms with van der Waals surface area (Å²) in [5, 5.41) is 9.65. The molecular weight excluding hydrogens is 372 g/mol. The number of piperazine rings is 1. The van der Waals surface area contributed by atoms with Crippen molar-refractivity contribution in [3.8, 4) is 0 Å². The van der Waals surface area contributed by atoms with Crippen LogP contribution < -0.4 is 4.90 Å². The molecule has 8 nitrogen and oxygen atoms in total. The van der Waals surface area contributed by atoms with Crippen LogP contribution in [0.15, 0.2) is 18.3 Å². The van der Waals surface area contributed by atoms with E-state index in [9.17, 15) is 14.7 Å². The third-order valence-electron chi connectivity index (χ3n) is 6.09. The van der Waals surface area contributed by atoms with Crippen LogP contribution in [-0.2, 0) is 4.74 Å². The Morgan fingerprint density at radius 1 is 1.21 bits per heavy atom. The van der Waals surface area contributed by atoms with E-state index in [1.807, 2.05) is 6.07 Å². The fourth-order valence-corrected chi connectivity index (χ4v) is 4.36. The van der Waals surface area contributed by atoms with Gasteiger partial charge in [-0.25, -0.2) is 14.6 Å². The maximum absolute atomic E-state index is 11.8. The number of amides is 1. The number of rotatable bonds is 5. The molecule has 3 rings (SSSR count). The third-order valence-corrected chi connectivity index (χ3v) is 6.09. The van der Waals surface area contributed by atoms with Gasteiger partial charge in [-0.3, -0.25) is 4.90 Å². The van der Waals surface area contributed by atoms with Gasteiger partial charge in [0.05, 0.1) is 18.2 Å². The van der Waals surface area contributed by atoms with Gasteiger partial charge >= 0.3 is 12.1 Å². The molecule has 1 amide bonds. The summed E-state index contributed by atoms with van der Waals surface area (Å²) in [6.45, 7) is 10.3. The van der Waals surface area contributed by atoms with Gasteiger partial charge in [0.25, 0.3) is 0 Å². The highest BCUT2D eigenvalue weighted by atomic mass is 16.5. The first-order valence-corrected chi connectivity index (χ1v) is 10.5. The number of hydrogen-bond acceptors (Lipinski definition) is 6. The minimum atomic E-state index is -0.808. The number of esters is 1. The molecule has 2 fully saturated rings. The zero-order valence-electron chi connectivity index (χ0n) is 17.6. The minimum absolute atomic E-state index is 0.0462. The summed E-state index contributed by atoms with van der Waals surface area (Å²) in [5.74, 6) is 0.841. The molecule has 2 saturated heterocycles. The fraction of sp³-hybridized carbons (Fsp3) is 0.667. The highest BCUT2D eigenvalue weighted by Crippen LogP contribution is 2.29. The number of carbonyl (C=O) groups is 2. The van der Waals surface area contributed by atoms with Crippen LogP contribution in [0.2, 0.25) is 0 Å². The van der Waals surface area contributed by atoms with E-state index < -0.39 is 6.09 Å². The smallest absolute Gasteiger partial charge is 0.407 e. The Kier molecular flexibility index (Phi) is 6.95. The lowest BCUT2D eigenvalue weighted by atomic mass is 9.87. The van der Waals surface area contributed by atoms with Crippen LogP contribution in [0.3, 0.4) is 0 Å². The SMILES string of the molecule is CCOC(=O)c1ccc(N2CCC(C3CN(C(C)C)CCN3C(=O)O)CC2)nc1. The molecule has 1 aromatic rings. The van der Waals surface area contributed by atoms with Gasteiger partial charge in [0.2, 0.25) is 0 Å². The molecule has 1 aromatic heterocycles. The number of aromatic nitrogens is 1. The van der Waals surface area contributed by atoms with Crippen molar-refractivity contribution in [2.24, 2.45) is 5.92 Å². The molecule has 2 aliphatic heterocycles. The van der Waals surface area contributed by atoms with Crippen molar-refractivity contribution in [2.45, 2.75) is 45.7 Å². The van der Waals surface area contributed by atoms with Crippen molar-refractivity contribution in [3.63, 3.8) is 0 Å². The predicted octanol–water partition coefficient (Wildman–Crippen LogP) is 2.55. The van der Waals surface area contributed by atoms with Gasteiger partial charge in [-0.15, -0.1) is 0 Å². The van der Waals surface area contributed by atoms with E-state index >= 15 is 0 Å². The lowest BCUT2D eigenvalue weighted by Crippen LogP contribution is -2.60. The van der Waals surface area contributed by atoms with E-state index in [-0.39, 0.29) is 12.0 Å². The molecule has 160 valence electrons. The van der Waals surface area contributed by atoms with Crippen LogP contribution in [0.5, 0.6) is 0 Å². The highest BCUT2D eigenvalue weighted by Gasteiger charge is 2.37. The average Bonchev–Trinajstić information content (AvgIpc) is 2.73. The molecule has 0 aliphatic carbocycles. The number of piperidine rings is 1. The van der Waals surface area contributed by atoms with Gasteiger partial charge in [0.15, 0.2) is 0 Å². The van der Waals surface area contributed by atoms with Crippen molar-refractivity contribution in [2.75, 3.05) is 44.2 Å². The second kappa shape index (κ2) is 9.43. The Labute approximate surface area is 172 Å². The molecule has 8 heteroatoms. The number of hydrogen-bond donors (Lipinski definition) is 1. The van der Waals surface area contributed by atoms with Crippen molar-refractivity contribution in [1.29, 1.82) is 0 Å². The quantitative estimate of drug-likeness (QED) is 0.755. The van der Waals surface area contributed by atoms with Gasteiger partial charge in [-0.2, -0.15) is 0 Å². The highest BCUT2D eigenvalue weighted by molar-refractivity contribution is 5.89. The van der Waals surface area contributed by atoms with Crippen LogP contribution in [0.25, 0.3) is 0 Å². The van der Waals surface area contributed by atoms with Crippen LogP contribution in [-0.4, -0.2) is 83.4 Å². The van der Waals surface area contributed by atoms with E-state index in [1.54, 1.807) is 24.1 Å². The topological polar surface area (TPSA) is 86.2 Å². The van der Waals surface area contributed by atoms with Gasteiger partial charge in [-0.1, -0.05) is 0 Å². The zero-order chi connectivity index (χ0) is 21.0. The minimum Gasteiger partial charge on any atom is -0.465 e. The van der Waals surface area contributed by atoms with E-state index in [4.69, 9.17) is 4.74 Å². The number of anilines is 1. The average molecular weight is 405 g/mol. The number of carbonyl (C=O) groups excluding carboxylic acids is 1. The van der Waals surface area contributed by atoms with Crippen molar-refractivity contribution >= 4 is 17.9 Å². The van der Waals surface area contributed by atoms with Crippen LogP contribution in [0.4, 0.5) is 10.6 Å². The molecule has 3 heterocycles. The van der Waals surface area contributed by atoms with Gasteiger partial charge < -0.3 is 19.6 Å². The lowest BCUT2D eigenvalue weighted by Gasteiger charge is -2.47. The molecule has 0 spiro atoms. The zero-order valence-corrected chi connectivity index (χ0v) is 17.6. The Morgan fingerprint density at radius 2 is 1.93 bits per heavy atom. The van der Waals surface area contributed by atoms with Crippen LogP contribution in [0, 0.1) is 5.92 Å². The number of ether oxygens (including phenoxy) is 1. The van der Waals surface area contributed by atoms with Crippen molar-refractivity contribution in [3.05, 3.63) is 23.9 Å².